The maximum absolute atomic E-state index is 15.4. The Morgan fingerprint density at radius 1 is 1.00 bits per heavy atom. The molecule has 4 aliphatic rings. The van der Waals surface area contributed by atoms with Gasteiger partial charge in [-0.1, -0.05) is 30.3 Å². The van der Waals surface area contributed by atoms with Gasteiger partial charge in [-0.2, -0.15) is 9.97 Å². The maximum Gasteiger partial charge on any atom is 0.319 e. The third kappa shape index (κ3) is 4.45. The fraction of sp³-hybridized carbons (Fsp3) is 0.533. The van der Waals surface area contributed by atoms with Crippen LogP contribution in [-0.4, -0.2) is 83.4 Å². The summed E-state index contributed by atoms with van der Waals surface area (Å²) < 4.78 is 57.3. The van der Waals surface area contributed by atoms with Gasteiger partial charge < -0.3 is 14.4 Å². The number of hydrogen-bond acceptors (Lipinski definition) is 7. The normalized spacial score (nSPS) is 28.4. The van der Waals surface area contributed by atoms with E-state index in [1.54, 1.807) is 0 Å². The highest BCUT2D eigenvalue weighted by molar-refractivity contribution is 5.96. The van der Waals surface area contributed by atoms with Crippen molar-refractivity contribution in [3.05, 3.63) is 53.6 Å². The summed E-state index contributed by atoms with van der Waals surface area (Å²) in [7, 11) is 2.13. The minimum Gasteiger partial charge on any atom is -0.485 e. The number of halogens is 3. The van der Waals surface area contributed by atoms with Crippen molar-refractivity contribution >= 4 is 16.7 Å². The van der Waals surface area contributed by atoms with Gasteiger partial charge in [0, 0.05) is 44.2 Å². The van der Waals surface area contributed by atoms with Crippen molar-refractivity contribution in [1.29, 1.82) is 0 Å². The Labute approximate surface area is 231 Å². The second kappa shape index (κ2) is 10.1. The predicted molar refractivity (Wildman–Crippen MR) is 146 cm³/mol. The van der Waals surface area contributed by atoms with Gasteiger partial charge in [0.25, 0.3) is 0 Å². The van der Waals surface area contributed by atoms with E-state index in [-0.39, 0.29) is 35.9 Å². The molecule has 4 aliphatic heterocycles. The Kier molecular flexibility index (Phi) is 6.50. The SMILES string of the molecule is CN1C2CCC1CN(c1nc(OC[C@@]34CCCN3C[C@H](F)C4)nc3c(F)cc(F)c(OCc4ccccc4)c13)C2. The topological polar surface area (TPSA) is 54.0 Å². The Balaban J connectivity index is 1.28. The van der Waals surface area contributed by atoms with Gasteiger partial charge in [-0.05, 0) is 44.8 Å². The van der Waals surface area contributed by atoms with E-state index in [2.05, 4.69) is 26.7 Å². The average Bonchev–Trinajstić information content (AvgIpc) is 3.52. The molecule has 3 aromatic rings. The molecule has 212 valence electrons. The number of nitrogens with zero attached hydrogens (tertiary/aromatic N) is 5. The Hall–Kier alpha value is -3.11. The smallest absolute Gasteiger partial charge is 0.319 e. The van der Waals surface area contributed by atoms with E-state index >= 15 is 8.78 Å². The number of fused-ring (bicyclic) bond motifs is 4. The monoisotopic (exact) mass is 553 g/mol. The van der Waals surface area contributed by atoms with Gasteiger partial charge >= 0.3 is 6.01 Å². The first kappa shape index (κ1) is 25.8. The molecular weight excluding hydrogens is 519 g/mol. The lowest BCUT2D eigenvalue weighted by molar-refractivity contribution is 0.107. The summed E-state index contributed by atoms with van der Waals surface area (Å²) in [6, 6.07) is 10.9. The van der Waals surface area contributed by atoms with Crippen molar-refractivity contribution in [1.82, 2.24) is 19.8 Å². The van der Waals surface area contributed by atoms with Crippen molar-refractivity contribution in [2.75, 3.05) is 44.7 Å². The molecule has 0 radical (unpaired) electrons. The zero-order chi connectivity index (χ0) is 27.4. The number of alkyl halides is 1. The largest absolute Gasteiger partial charge is 0.485 e. The fourth-order valence-corrected chi connectivity index (χ4v) is 7.27. The van der Waals surface area contributed by atoms with Crippen LogP contribution in [0.2, 0.25) is 0 Å². The highest BCUT2D eigenvalue weighted by Gasteiger charge is 2.49. The zero-order valence-corrected chi connectivity index (χ0v) is 22.7. The van der Waals surface area contributed by atoms with E-state index in [0.717, 1.165) is 43.9 Å². The van der Waals surface area contributed by atoms with Gasteiger partial charge in [0.1, 0.15) is 30.7 Å². The van der Waals surface area contributed by atoms with Crippen LogP contribution in [0.15, 0.2) is 36.4 Å². The van der Waals surface area contributed by atoms with Crippen LogP contribution in [-0.2, 0) is 6.61 Å². The van der Waals surface area contributed by atoms with Crippen molar-refractivity contribution in [2.45, 2.75) is 62.5 Å². The molecule has 0 N–H and O–H groups in total. The number of rotatable bonds is 7. The molecule has 7 nitrogen and oxygen atoms in total. The Morgan fingerprint density at radius 2 is 1.77 bits per heavy atom. The Bertz CT molecular complexity index is 1400. The molecule has 1 aromatic heterocycles. The van der Waals surface area contributed by atoms with Crippen molar-refractivity contribution in [3.63, 3.8) is 0 Å². The van der Waals surface area contributed by atoms with E-state index < -0.39 is 23.3 Å². The van der Waals surface area contributed by atoms with Crippen LogP contribution < -0.4 is 14.4 Å². The molecule has 4 atom stereocenters. The summed E-state index contributed by atoms with van der Waals surface area (Å²) >= 11 is 0. The van der Waals surface area contributed by atoms with Gasteiger partial charge in [-0.3, -0.25) is 9.80 Å². The third-order valence-electron chi connectivity index (χ3n) is 9.40. The second-order valence-electron chi connectivity index (χ2n) is 11.8. The summed E-state index contributed by atoms with van der Waals surface area (Å²) in [5.41, 5.74) is 0.435. The minimum atomic E-state index is -0.887. The molecule has 7 rings (SSSR count). The van der Waals surface area contributed by atoms with Gasteiger partial charge in [-0.15, -0.1) is 0 Å². The highest BCUT2D eigenvalue weighted by atomic mass is 19.1. The Morgan fingerprint density at radius 3 is 2.55 bits per heavy atom. The van der Waals surface area contributed by atoms with E-state index in [9.17, 15) is 4.39 Å². The average molecular weight is 554 g/mol. The van der Waals surface area contributed by atoms with Crippen molar-refractivity contribution < 1.29 is 22.6 Å². The summed E-state index contributed by atoms with van der Waals surface area (Å²) in [5, 5.41) is 0.218. The molecule has 4 saturated heterocycles. The molecule has 2 aromatic carbocycles. The number of anilines is 1. The van der Waals surface area contributed by atoms with E-state index in [1.807, 2.05) is 30.3 Å². The summed E-state index contributed by atoms with van der Waals surface area (Å²) in [4.78, 5) is 15.9. The lowest BCUT2D eigenvalue weighted by Gasteiger charge is -2.40. The lowest BCUT2D eigenvalue weighted by atomic mass is 9.95. The molecule has 2 bridgehead atoms. The molecule has 10 heteroatoms. The third-order valence-corrected chi connectivity index (χ3v) is 9.40. The zero-order valence-electron chi connectivity index (χ0n) is 22.7. The van der Waals surface area contributed by atoms with Gasteiger partial charge in [0.2, 0.25) is 0 Å². The predicted octanol–water partition coefficient (Wildman–Crippen LogP) is 4.73. The van der Waals surface area contributed by atoms with Gasteiger partial charge in [0.15, 0.2) is 17.4 Å². The molecule has 0 amide bonds. The first-order valence-electron chi connectivity index (χ1n) is 14.3. The lowest BCUT2D eigenvalue weighted by Crippen LogP contribution is -2.52. The molecular formula is C30H34F3N5O2. The first-order valence-corrected chi connectivity index (χ1v) is 14.3. The van der Waals surface area contributed by atoms with Crippen LogP contribution in [0.4, 0.5) is 19.0 Å². The van der Waals surface area contributed by atoms with Crippen molar-refractivity contribution in [3.8, 4) is 11.8 Å². The van der Waals surface area contributed by atoms with Gasteiger partial charge in [0.05, 0.1) is 10.9 Å². The molecule has 0 saturated carbocycles. The van der Waals surface area contributed by atoms with Crippen LogP contribution >= 0.6 is 0 Å². The van der Waals surface area contributed by atoms with E-state index in [1.165, 1.54) is 0 Å². The standard InChI is InChI=1S/C30H34F3N5O2/c1-36-21-8-9-22(36)16-37(15-21)28-25-26(23(32)12-24(33)27(25)39-17-19-6-3-2-4-7-19)34-29(35-28)40-18-30-10-5-11-38(30)14-20(31)13-30/h2-4,6-7,12,20-22H,5,8-11,13-18H2,1H3/t20-,21?,22?,30+/m1/s1. The minimum absolute atomic E-state index is 0.0248. The number of aromatic nitrogens is 2. The summed E-state index contributed by atoms with van der Waals surface area (Å²) in [5.74, 6) is -1.24. The van der Waals surface area contributed by atoms with Crippen LogP contribution in [0.3, 0.4) is 0 Å². The molecule has 40 heavy (non-hydrogen) atoms. The van der Waals surface area contributed by atoms with Crippen LogP contribution in [0, 0.1) is 11.6 Å². The number of ether oxygens (including phenoxy) is 2. The van der Waals surface area contributed by atoms with E-state index in [4.69, 9.17) is 14.5 Å². The molecule has 5 heterocycles. The second-order valence-corrected chi connectivity index (χ2v) is 11.8. The first-order chi connectivity index (χ1) is 19.4. The number of benzene rings is 2. The fourth-order valence-electron chi connectivity index (χ4n) is 7.27. The summed E-state index contributed by atoms with van der Waals surface area (Å²) in [6.45, 7) is 2.95. The number of piperazine rings is 1. The number of hydrogen-bond donors (Lipinski definition) is 0. The quantitative estimate of drug-likeness (QED) is 0.420. The maximum atomic E-state index is 15.4. The van der Waals surface area contributed by atoms with Gasteiger partial charge in [-0.25, -0.2) is 13.2 Å². The van der Waals surface area contributed by atoms with E-state index in [0.29, 0.717) is 44.0 Å². The van der Waals surface area contributed by atoms with Crippen LogP contribution in [0.1, 0.15) is 37.7 Å². The molecule has 4 fully saturated rings. The number of likely N-dealkylation sites (N-methyl/N-ethyl adjacent to an activating group) is 1. The molecule has 0 spiro atoms. The highest BCUT2D eigenvalue weighted by Crippen LogP contribution is 2.42. The molecule has 0 aliphatic carbocycles. The van der Waals surface area contributed by atoms with Crippen LogP contribution in [0.5, 0.6) is 11.8 Å². The summed E-state index contributed by atoms with van der Waals surface area (Å²) in [6.07, 6.45) is 3.47. The molecule has 2 unspecified atom stereocenters. The van der Waals surface area contributed by atoms with Crippen molar-refractivity contribution in [2.24, 2.45) is 0 Å². The van der Waals surface area contributed by atoms with Crippen LogP contribution in [0.25, 0.3) is 10.9 Å².